The second-order valence-corrected chi connectivity index (χ2v) is 5.77. The van der Waals surface area contributed by atoms with Crippen molar-refractivity contribution in [2.24, 2.45) is 7.05 Å². The number of nitrogens with zero attached hydrogens (tertiary/aromatic N) is 2. The van der Waals surface area contributed by atoms with E-state index in [-0.39, 0.29) is 12.3 Å². The van der Waals surface area contributed by atoms with E-state index in [9.17, 15) is 8.42 Å². The quantitative estimate of drug-likeness (QED) is 0.637. The summed E-state index contributed by atoms with van der Waals surface area (Å²) >= 11 is 0. The van der Waals surface area contributed by atoms with E-state index in [0.717, 1.165) is 13.0 Å². The van der Waals surface area contributed by atoms with Gasteiger partial charge in [0.1, 0.15) is 5.82 Å². The van der Waals surface area contributed by atoms with Crippen LogP contribution in [-0.4, -0.2) is 36.8 Å². The van der Waals surface area contributed by atoms with Gasteiger partial charge in [-0.25, -0.2) is 18.1 Å². The second-order valence-electron chi connectivity index (χ2n) is 3.84. The molecule has 0 aliphatic carbocycles. The van der Waals surface area contributed by atoms with Gasteiger partial charge in [-0.15, -0.1) is 0 Å². The molecule has 0 aliphatic rings. The minimum atomic E-state index is -3.22. The minimum Gasteiger partial charge on any atom is -0.337 e. The third kappa shape index (κ3) is 5.29. The summed E-state index contributed by atoms with van der Waals surface area (Å²) in [5.41, 5.74) is 0. The van der Waals surface area contributed by atoms with E-state index in [1.807, 2.05) is 14.0 Å². The summed E-state index contributed by atoms with van der Waals surface area (Å²) in [5.74, 6) is 0.798. The van der Waals surface area contributed by atoms with Crippen LogP contribution >= 0.6 is 0 Å². The van der Waals surface area contributed by atoms with Crippen LogP contribution < -0.4 is 10.0 Å². The Labute approximate surface area is 102 Å². The van der Waals surface area contributed by atoms with Gasteiger partial charge in [-0.05, 0) is 13.0 Å². The summed E-state index contributed by atoms with van der Waals surface area (Å²) < 4.78 is 27.5. The zero-order valence-corrected chi connectivity index (χ0v) is 11.1. The van der Waals surface area contributed by atoms with Crippen molar-refractivity contribution in [3.63, 3.8) is 0 Å². The normalized spacial score (nSPS) is 11.9. The molecule has 0 bridgehead atoms. The summed E-state index contributed by atoms with van der Waals surface area (Å²) in [5, 5.41) is 3.06. The maximum absolute atomic E-state index is 11.6. The SMILES string of the molecule is CCCNCCS(=O)(=O)NCc1nccn1C. The topological polar surface area (TPSA) is 76.0 Å². The van der Waals surface area contributed by atoms with Gasteiger partial charge >= 0.3 is 0 Å². The molecule has 0 radical (unpaired) electrons. The first kappa shape index (κ1) is 14.1. The summed E-state index contributed by atoms with van der Waals surface area (Å²) in [6.45, 7) is 3.60. The Balaban J connectivity index is 2.32. The monoisotopic (exact) mass is 260 g/mol. The van der Waals surface area contributed by atoms with Crippen LogP contribution in [0.1, 0.15) is 19.2 Å². The van der Waals surface area contributed by atoms with Gasteiger partial charge in [-0.1, -0.05) is 6.92 Å². The van der Waals surface area contributed by atoms with Crippen molar-refractivity contribution in [1.29, 1.82) is 0 Å². The Morgan fingerprint density at radius 2 is 2.18 bits per heavy atom. The maximum atomic E-state index is 11.6. The van der Waals surface area contributed by atoms with Crippen molar-refractivity contribution in [2.75, 3.05) is 18.8 Å². The third-order valence-electron chi connectivity index (χ3n) is 2.35. The zero-order chi connectivity index (χ0) is 12.7. The summed E-state index contributed by atoms with van der Waals surface area (Å²) in [7, 11) is -1.39. The molecule has 0 saturated carbocycles. The first-order valence-corrected chi connectivity index (χ1v) is 7.34. The lowest BCUT2D eigenvalue weighted by molar-refractivity contribution is 0.572. The number of hydrogen-bond acceptors (Lipinski definition) is 4. The molecule has 7 heteroatoms. The van der Waals surface area contributed by atoms with Crippen molar-refractivity contribution < 1.29 is 8.42 Å². The zero-order valence-electron chi connectivity index (χ0n) is 10.3. The molecule has 0 aromatic carbocycles. The molecule has 0 atom stereocenters. The Kier molecular flexibility index (Phi) is 5.60. The van der Waals surface area contributed by atoms with Gasteiger partial charge in [-0.3, -0.25) is 0 Å². The highest BCUT2D eigenvalue weighted by Gasteiger charge is 2.10. The lowest BCUT2D eigenvalue weighted by Gasteiger charge is -2.07. The third-order valence-corrected chi connectivity index (χ3v) is 3.67. The molecule has 0 saturated heterocycles. The Hall–Kier alpha value is -0.920. The number of imidazole rings is 1. The summed E-state index contributed by atoms with van der Waals surface area (Å²) in [6, 6.07) is 0. The van der Waals surface area contributed by atoms with Crippen molar-refractivity contribution >= 4 is 10.0 Å². The second kappa shape index (κ2) is 6.73. The van der Waals surface area contributed by atoms with Crippen molar-refractivity contribution in [2.45, 2.75) is 19.9 Å². The fourth-order valence-electron chi connectivity index (χ4n) is 1.32. The van der Waals surface area contributed by atoms with E-state index in [1.54, 1.807) is 17.0 Å². The molecule has 6 nitrogen and oxygen atoms in total. The first-order chi connectivity index (χ1) is 8.05. The molecule has 0 fully saturated rings. The first-order valence-electron chi connectivity index (χ1n) is 5.69. The fourth-order valence-corrected chi connectivity index (χ4v) is 2.23. The highest BCUT2D eigenvalue weighted by atomic mass is 32.2. The standard InChI is InChI=1S/C10H20N4O2S/c1-3-4-11-6-8-17(15,16)13-9-10-12-5-7-14(10)2/h5,7,11,13H,3-4,6,8-9H2,1-2H3. The fraction of sp³-hybridized carbons (Fsp3) is 0.700. The molecular weight excluding hydrogens is 240 g/mol. The number of hydrogen-bond donors (Lipinski definition) is 2. The van der Waals surface area contributed by atoms with E-state index in [4.69, 9.17) is 0 Å². The van der Waals surface area contributed by atoms with Crippen LogP contribution in [0.2, 0.25) is 0 Å². The Bertz CT molecular complexity index is 427. The molecule has 1 rings (SSSR count). The van der Waals surface area contributed by atoms with Gasteiger partial charge in [-0.2, -0.15) is 0 Å². The molecule has 0 spiro atoms. The van der Waals surface area contributed by atoms with Crippen LogP contribution in [0.15, 0.2) is 12.4 Å². The molecule has 2 N–H and O–H groups in total. The van der Waals surface area contributed by atoms with Crippen molar-refractivity contribution in [1.82, 2.24) is 19.6 Å². The van der Waals surface area contributed by atoms with Crippen molar-refractivity contribution in [3.8, 4) is 0 Å². The van der Waals surface area contributed by atoms with E-state index < -0.39 is 10.0 Å². The average Bonchev–Trinajstić information content (AvgIpc) is 2.68. The van der Waals surface area contributed by atoms with Crippen LogP contribution in [0.5, 0.6) is 0 Å². The Morgan fingerprint density at radius 1 is 1.41 bits per heavy atom. The van der Waals surface area contributed by atoms with Crippen LogP contribution in [0.3, 0.4) is 0 Å². The molecule has 0 aliphatic heterocycles. The van der Waals surface area contributed by atoms with E-state index in [2.05, 4.69) is 15.0 Å². The molecule has 98 valence electrons. The van der Waals surface area contributed by atoms with E-state index >= 15 is 0 Å². The molecular formula is C10H20N4O2S. The van der Waals surface area contributed by atoms with Crippen LogP contribution in [0, 0.1) is 0 Å². The summed E-state index contributed by atoms with van der Waals surface area (Å²) in [4.78, 5) is 4.05. The van der Waals surface area contributed by atoms with Gasteiger partial charge in [0, 0.05) is 26.0 Å². The number of nitrogens with one attached hydrogen (secondary N) is 2. The predicted molar refractivity (Wildman–Crippen MR) is 67.0 cm³/mol. The van der Waals surface area contributed by atoms with Crippen LogP contribution in [0.4, 0.5) is 0 Å². The van der Waals surface area contributed by atoms with E-state index in [0.29, 0.717) is 12.4 Å². The van der Waals surface area contributed by atoms with Crippen LogP contribution in [0.25, 0.3) is 0 Å². The largest absolute Gasteiger partial charge is 0.337 e. The smallest absolute Gasteiger partial charge is 0.213 e. The number of sulfonamides is 1. The van der Waals surface area contributed by atoms with Crippen molar-refractivity contribution in [3.05, 3.63) is 18.2 Å². The number of rotatable bonds is 8. The minimum absolute atomic E-state index is 0.0947. The predicted octanol–water partition coefficient (Wildman–Crippen LogP) is -0.161. The summed E-state index contributed by atoms with van der Waals surface area (Å²) in [6.07, 6.45) is 4.43. The lowest BCUT2D eigenvalue weighted by Crippen LogP contribution is -2.32. The molecule has 0 unspecified atom stereocenters. The molecule has 17 heavy (non-hydrogen) atoms. The van der Waals surface area contributed by atoms with E-state index in [1.165, 1.54) is 0 Å². The Morgan fingerprint density at radius 3 is 2.76 bits per heavy atom. The van der Waals surface area contributed by atoms with Gasteiger partial charge < -0.3 is 9.88 Å². The number of aromatic nitrogens is 2. The van der Waals surface area contributed by atoms with Gasteiger partial charge in [0.25, 0.3) is 0 Å². The molecule has 0 amide bonds. The molecule has 1 heterocycles. The van der Waals surface area contributed by atoms with Crippen LogP contribution in [-0.2, 0) is 23.6 Å². The average molecular weight is 260 g/mol. The highest BCUT2D eigenvalue weighted by Crippen LogP contribution is 1.94. The van der Waals surface area contributed by atoms with Gasteiger partial charge in [0.05, 0.1) is 12.3 Å². The molecule has 1 aromatic rings. The van der Waals surface area contributed by atoms with Gasteiger partial charge in [0.15, 0.2) is 0 Å². The maximum Gasteiger partial charge on any atom is 0.213 e. The lowest BCUT2D eigenvalue weighted by atomic mass is 10.5. The number of aryl methyl sites for hydroxylation is 1. The highest BCUT2D eigenvalue weighted by molar-refractivity contribution is 7.89. The van der Waals surface area contributed by atoms with Gasteiger partial charge in [0.2, 0.25) is 10.0 Å². The molecule has 1 aromatic heterocycles.